The molecule has 3 rings (SSSR count). The van der Waals surface area contributed by atoms with E-state index in [0.717, 1.165) is 34.6 Å². The minimum Gasteiger partial charge on any atom is -0.466 e. The van der Waals surface area contributed by atoms with E-state index in [0.29, 0.717) is 6.54 Å². The lowest BCUT2D eigenvalue weighted by Gasteiger charge is -2.11. The topological polar surface area (TPSA) is 44.5 Å². The lowest BCUT2D eigenvalue weighted by molar-refractivity contribution is 0.00991. The average molecular weight is 281 g/mol. The van der Waals surface area contributed by atoms with Gasteiger partial charge in [-0.25, -0.2) is 0 Å². The smallest absolute Gasteiger partial charge is 0.189 e. The third kappa shape index (κ3) is 3.55. The summed E-state index contributed by atoms with van der Waals surface area (Å²) in [6.07, 6.45) is 2.56. The van der Waals surface area contributed by atoms with Crippen LogP contribution in [0.15, 0.2) is 36.4 Å². The van der Waals surface area contributed by atoms with Crippen LogP contribution in [0.1, 0.15) is 18.4 Å². The van der Waals surface area contributed by atoms with Gasteiger partial charge in [0.1, 0.15) is 5.75 Å². The predicted molar refractivity (Wildman–Crippen MR) is 84.1 cm³/mol. The van der Waals surface area contributed by atoms with Crippen LogP contribution < -0.4 is 10.5 Å². The lowest BCUT2D eigenvalue weighted by atomic mass is 10.0. The molecular weight excluding hydrogens is 262 g/mol. The Hall–Kier alpha value is -2.02. The summed E-state index contributed by atoms with van der Waals surface area (Å²) < 4.78 is 11.3. The van der Waals surface area contributed by atoms with E-state index in [1.165, 1.54) is 12.8 Å². The van der Waals surface area contributed by atoms with E-state index in [-0.39, 0.29) is 6.79 Å². The van der Waals surface area contributed by atoms with Gasteiger partial charge in [0.25, 0.3) is 0 Å². The maximum absolute atomic E-state index is 5.75. The standard InChI is InChI=1S/C18H19NO2/c19-11-3-6-17-16-5-2-1-4-15(16)9-10-18(17)21-13-20-12-14-7-8-14/h1-2,4-5,9-10,14H,7-8,11-13,19H2. The monoisotopic (exact) mass is 281 g/mol. The van der Waals surface area contributed by atoms with E-state index in [1.807, 2.05) is 30.3 Å². The first kappa shape index (κ1) is 13.9. The summed E-state index contributed by atoms with van der Waals surface area (Å²) >= 11 is 0. The van der Waals surface area contributed by atoms with Gasteiger partial charge in [0.05, 0.1) is 18.7 Å². The minimum absolute atomic E-state index is 0.270. The fourth-order valence-corrected chi connectivity index (χ4v) is 2.24. The quantitative estimate of drug-likeness (QED) is 0.520. The SMILES string of the molecule is NCC#Cc1c(OCOCC2CC2)ccc2ccccc12. The van der Waals surface area contributed by atoms with Crippen molar-refractivity contribution in [3.05, 3.63) is 42.0 Å². The molecule has 0 heterocycles. The van der Waals surface area contributed by atoms with Crippen molar-refractivity contribution in [1.29, 1.82) is 0 Å². The fraction of sp³-hybridized carbons (Fsp3) is 0.333. The molecule has 108 valence electrons. The summed E-state index contributed by atoms with van der Waals surface area (Å²) in [6, 6.07) is 12.1. The largest absolute Gasteiger partial charge is 0.466 e. The molecule has 3 nitrogen and oxygen atoms in total. The molecule has 2 aromatic carbocycles. The Kier molecular flexibility index (Phi) is 4.40. The second kappa shape index (κ2) is 6.62. The summed E-state index contributed by atoms with van der Waals surface area (Å²) in [6.45, 7) is 1.39. The number of rotatable bonds is 5. The van der Waals surface area contributed by atoms with Crippen molar-refractivity contribution in [2.45, 2.75) is 12.8 Å². The highest BCUT2D eigenvalue weighted by Crippen LogP contribution is 2.29. The Bertz CT molecular complexity index is 680. The van der Waals surface area contributed by atoms with E-state index in [2.05, 4.69) is 17.9 Å². The Morgan fingerprint density at radius 3 is 2.81 bits per heavy atom. The molecule has 0 atom stereocenters. The zero-order chi connectivity index (χ0) is 14.5. The molecule has 0 unspecified atom stereocenters. The van der Waals surface area contributed by atoms with Crippen LogP contribution in [0.4, 0.5) is 0 Å². The summed E-state index contributed by atoms with van der Waals surface area (Å²) in [7, 11) is 0. The molecule has 2 aromatic rings. The van der Waals surface area contributed by atoms with Gasteiger partial charge in [-0.1, -0.05) is 42.2 Å². The molecule has 0 saturated heterocycles. The van der Waals surface area contributed by atoms with Gasteiger partial charge in [0.2, 0.25) is 0 Å². The van der Waals surface area contributed by atoms with E-state index in [9.17, 15) is 0 Å². The normalized spacial score (nSPS) is 13.8. The zero-order valence-corrected chi connectivity index (χ0v) is 12.0. The summed E-state index contributed by atoms with van der Waals surface area (Å²) in [5, 5.41) is 2.23. The molecule has 1 aliphatic rings. The summed E-state index contributed by atoms with van der Waals surface area (Å²) in [5.74, 6) is 7.53. The number of nitrogens with two attached hydrogens (primary N) is 1. The van der Waals surface area contributed by atoms with Gasteiger partial charge in [0, 0.05) is 5.39 Å². The Morgan fingerprint density at radius 2 is 2.00 bits per heavy atom. The van der Waals surface area contributed by atoms with Crippen LogP contribution in [-0.2, 0) is 4.74 Å². The molecule has 21 heavy (non-hydrogen) atoms. The molecule has 0 aliphatic heterocycles. The van der Waals surface area contributed by atoms with Gasteiger partial charge in [-0.15, -0.1) is 0 Å². The second-order valence-electron chi connectivity index (χ2n) is 5.24. The van der Waals surface area contributed by atoms with Crippen LogP contribution >= 0.6 is 0 Å². The number of ether oxygens (including phenoxy) is 2. The predicted octanol–water partition coefficient (Wildman–Crippen LogP) is 2.91. The average Bonchev–Trinajstić information content (AvgIpc) is 3.34. The molecule has 0 radical (unpaired) electrons. The van der Waals surface area contributed by atoms with E-state index < -0.39 is 0 Å². The van der Waals surface area contributed by atoms with Crippen LogP contribution in [0.5, 0.6) is 5.75 Å². The van der Waals surface area contributed by atoms with Crippen LogP contribution in [-0.4, -0.2) is 19.9 Å². The maximum Gasteiger partial charge on any atom is 0.189 e. The molecule has 3 heteroatoms. The van der Waals surface area contributed by atoms with Gasteiger partial charge in [-0.3, -0.25) is 0 Å². The molecule has 2 N–H and O–H groups in total. The Labute approximate surface area is 125 Å². The summed E-state index contributed by atoms with van der Waals surface area (Å²) in [5.41, 5.74) is 6.38. The first-order valence-electron chi connectivity index (χ1n) is 7.29. The molecule has 1 fully saturated rings. The highest BCUT2D eigenvalue weighted by molar-refractivity contribution is 5.90. The van der Waals surface area contributed by atoms with Gasteiger partial charge >= 0.3 is 0 Å². The van der Waals surface area contributed by atoms with Gasteiger partial charge in [0.15, 0.2) is 6.79 Å². The van der Waals surface area contributed by atoms with Crippen molar-refractivity contribution < 1.29 is 9.47 Å². The van der Waals surface area contributed by atoms with Crippen molar-refractivity contribution in [3.8, 4) is 17.6 Å². The fourth-order valence-electron chi connectivity index (χ4n) is 2.24. The number of fused-ring (bicyclic) bond motifs is 1. The van der Waals surface area contributed by atoms with Gasteiger partial charge in [-0.2, -0.15) is 0 Å². The summed E-state index contributed by atoms with van der Waals surface area (Å²) in [4.78, 5) is 0. The van der Waals surface area contributed by atoms with Crippen molar-refractivity contribution in [2.24, 2.45) is 11.7 Å². The van der Waals surface area contributed by atoms with Crippen molar-refractivity contribution in [2.75, 3.05) is 19.9 Å². The van der Waals surface area contributed by atoms with E-state index >= 15 is 0 Å². The highest BCUT2D eigenvalue weighted by atomic mass is 16.7. The molecule has 0 bridgehead atoms. The second-order valence-corrected chi connectivity index (χ2v) is 5.24. The number of hydrogen-bond donors (Lipinski definition) is 1. The first-order chi connectivity index (χ1) is 10.4. The Morgan fingerprint density at radius 1 is 1.14 bits per heavy atom. The maximum atomic E-state index is 5.75. The third-order valence-electron chi connectivity index (χ3n) is 3.55. The molecule has 0 aromatic heterocycles. The first-order valence-corrected chi connectivity index (χ1v) is 7.29. The van der Waals surface area contributed by atoms with Crippen LogP contribution in [0.2, 0.25) is 0 Å². The van der Waals surface area contributed by atoms with Crippen LogP contribution in [0, 0.1) is 17.8 Å². The molecule has 0 amide bonds. The number of benzene rings is 2. The Balaban J connectivity index is 1.81. The van der Waals surface area contributed by atoms with Crippen molar-refractivity contribution >= 4 is 10.8 Å². The molecular formula is C18H19NO2. The van der Waals surface area contributed by atoms with Gasteiger partial charge < -0.3 is 15.2 Å². The number of hydrogen-bond acceptors (Lipinski definition) is 3. The van der Waals surface area contributed by atoms with Crippen LogP contribution in [0.3, 0.4) is 0 Å². The molecule has 1 aliphatic carbocycles. The third-order valence-corrected chi connectivity index (χ3v) is 3.55. The minimum atomic E-state index is 0.270. The van der Waals surface area contributed by atoms with Crippen LogP contribution in [0.25, 0.3) is 10.8 Å². The van der Waals surface area contributed by atoms with Gasteiger partial charge in [-0.05, 0) is 30.2 Å². The van der Waals surface area contributed by atoms with E-state index in [4.69, 9.17) is 15.2 Å². The highest BCUT2D eigenvalue weighted by Gasteiger charge is 2.21. The molecule has 1 saturated carbocycles. The van der Waals surface area contributed by atoms with E-state index in [1.54, 1.807) is 0 Å². The molecule has 0 spiro atoms. The van der Waals surface area contributed by atoms with Crippen molar-refractivity contribution in [3.63, 3.8) is 0 Å². The lowest BCUT2D eigenvalue weighted by Crippen LogP contribution is -2.06. The zero-order valence-electron chi connectivity index (χ0n) is 12.0. The van der Waals surface area contributed by atoms with Crippen molar-refractivity contribution in [1.82, 2.24) is 0 Å².